The van der Waals surface area contributed by atoms with E-state index in [1.54, 1.807) is 4.90 Å². The van der Waals surface area contributed by atoms with Crippen LogP contribution >= 0.6 is 0 Å². The van der Waals surface area contributed by atoms with Crippen molar-refractivity contribution in [1.29, 1.82) is 0 Å². The SMILES string of the molecule is O=C(N[C@@H]1CCCC[C@H]1NC(=O)C1CCN(C(=O)COc2ccccc2)CC1)c1ccc(F)cc1. The first-order chi connectivity index (χ1) is 17.0. The van der Waals surface area contributed by atoms with Gasteiger partial charge >= 0.3 is 0 Å². The first-order valence-electron chi connectivity index (χ1n) is 12.3. The molecule has 1 saturated carbocycles. The van der Waals surface area contributed by atoms with E-state index in [1.165, 1.54) is 24.3 Å². The molecule has 0 bridgehead atoms. The maximum atomic E-state index is 13.2. The van der Waals surface area contributed by atoms with Gasteiger partial charge in [-0.3, -0.25) is 14.4 Å². The second-order valence-electron chi connectivity index (χ2n) is 9.24. The lowest BCUT2D eigenvalue weighted by Gasteiger charge is -2.36. The van der Waals surface area contributed by atoms with Gasteiger partial charge in [0.2, 0.25) is 5.91 Å². The summed E-state index contributed by atoms with van der Waals surface area (Å²) in [5, 5.41) is 6.17. The Morgan fingerprint density at radius 3 is 2.14 bits per heavy atom. The molecule has 3 amide bonds. The van der Waals surface area contributed by atoms with Crippen molar-refractivity contribution in [2.75, 3.05) is 19.7 Å². The first kappa shape index (κ1) is 24.7. The van der Waals surface area contributed by atoms with E-state index in [-0.39, 0.29) is 48.1 Å². The van der Waals surface area contributed by atoms with E-state index >= 15 is 0 Å². The standard InChI is InChI=1S/C27H32FN3O4/c28-21-12-10-19(11-13-21)26(33)29-23-8-4-5-9-24(23)30-27(34)20-14-16-31(17-15-20)25(32)18-35-22-6-2-1-3-7-22/h1-3,6-7,10-13,20,23-24H,4-5,8-9,14-18H2,(H,29,33)(H,30,34)/t23-,24-/m1/s1. The van der Waals surface area contributed by atoms with Crippen LogP contribution in [0.5, 0.6) is 5.75 Å². The molecule has 0 radical (unpaired) electrons. The summed E-state index contributed by atoms with van der Waals surface area (Å²) in [5.41, 5.74) is 0.398. The minimum atomic E-state index is -0.388. The Morgan fingerprint density at radius 1 is 0.857 bits per heavy atom. The summed E-state index contributed by atoms with van der Waals surface area (Å²) in [5.74, 6) is -0.260. The van der Waals surface area contributed by atoms with Gasteiger partial charge in [-0.25, -0.2) is 4.39 Å². The average Bonchev–Trinajstić information content (AvgIpc) is 2.89. The van der Waals surface area contributed by atoms with Gasteiger partial charge in [0.15, 0.2) is 6.61 Å². The molecule has 2 fully saturated rings. The predicted molar refractivity (Wildman–Crippen MR) is 129 cm³/mol. The highest BCUT2D eigenvalue weighted by Gasteiger charge is 2.32. The van der Waals surface area contributed by atoms with Gasteiger partial charge in [0.25, 0.3) is 11.8 Å². The summed E-state index contributed by atoms with van der Waals surface area (Å²) >= 11 is 0. The molecule has 0 unspecified atom stereocenters. The fourth-order valence-electron chi connectivity index (χ4n) is 4.77. The summed E-state index contributed by atoms with van der Waals surface area (Å²) in [6.07, 6.45) is 4.75. The molecule has 7 nitrogen and oxygen atoms in total. The number of carbonyl (C=O) groups is 3. The number of nitrogens with one attached hydrogen (secondary N) is 2. The second kappa shape index (κ2) is 11.8. The maximum Gasteiger partial charge on any atom is 0.260 e. The number of nitrogens with zero attached hydrogens (tertiary/aromatic N) is 1. The lowest BCUT2D eigenvalue weighted by atomic mass is 9.88. The van der Waals surface area contributed by atoms with Gasteiger partial charge in [-0.2, -0.15) is 0 Å². The minimum absolute atomic E-state index is 0.0155. The van der Waals surface area contributed by atoms with E-state index < -0.39 is 0 Å². The van der Waals surface area contributed by atoms with Crippen LogP contribution in [-0.2, 0) is 9.59 Å². The molecule has 1 heterocycles. The highest BCUT2D eigenvalue weighted by atomic mass is 19.1. The van der Waals surface area contributed by atoms with Crippen molar-refractivity contribution < 1.29 is 23.5 Å². The highest BCUT2D eigenvalue weighted by molar-refractivity contribution is 5.94. The van der Waals surface area contributed by atoms with E-state index in [0.717, 1.165) is 25.7 Å². The van der Waals surface area contributed by atoms with Gasteiger partial charge in [-0.1, -0.05) is 31.0 Å². The number of likely N-dealkylation sites (tertiary alicyclic amines) is 1. The lowest BCUT2D eigenvalue weighted by molar-refractivity contribution is -0.137. The smallest absolute Gasteiger partial charge is 0.260 e. The van der Waals surface area contributed by atoms with Crippen LogP contribution in [0.3, 0.4) is 0 Å². The zero-order valence-corrected chi connectivity index (χ0v) is 19.8. The summed E-state index contributed by atoms with van der Waals surface area (Å²) in [7, 11) is 0. The van der Waals surface area contributed by atoms with Gasteiger partial charge in [0.1, 0.15) is 11.6 Å². The zero-order chi connectivity index (χ0) is 24.6. The van der Waals surface area contributed by atoms with Crippen molar-refractivity contribution >= 4 is 17.7 Å². The third kappa shape index (κ3) is 6.81. The zero-order valence-electron chi connectivity index (χ0n) is 19.8. The van der Waals surface area contributed by atoms with E-state index in [4.69, 9.17) is 4.74 Å². The highest BCUT2D eigenvalue weighted by Crippen LogP contribution is 2.22. The molecule has 186 valence electrons. The van der Waals surface area contributed by atoms with E-state index in [1.807, 2.05) is 30.3 Å². The third-order valence-corrected chi connectivity index (χ3v) is 6.84. The Balaban J connectivity index is 1.24. The number of rotatable bonds is 7. The fraction of sp³-hybridized carbons (Fsp3) is 0.444. The Kier molecular flexibility index (Phi) is 8.34. The average molecular weight is 482 g/mol. The number of para-hydroxylation sites is 1. The molecule has 2 aromatic rings. The Bertz CT molecular complexity index is 1010. The Labute approximate surface area is 205 Å². The number of ether oxygens (including phenoxy) is 1. The molecular formula is C27H32FN3O4. The number of hydrogen-bond acceptors (Lipinski definition) is 4. The van der Waals surface area contributed by atoms with Crippen LogP contribution in [0.4, 0.5) is 4.39 Å². The predicted octanol–water partition coefficient (Wildman–Crippen LogP) is 3.30. The Morgan fingerprint density at radius 2 is 1.49 bits per heavy atom. The molecule has 35 heavy (non-hydrogen) atoms. The molecule has 8 heteroatoms. The second-order valence-corrected chi connectivity index (χ2v) is 9.24. The number of piperidine rings is 1. The molecule has 1 aliphatic heterocycles. The van der Waals surface area contributed by atoms with Crippen LogP contribution in [0, 0.1) is 11.7 Å². The monoisotopic (exact) mass is 481 g/mol. The van der Waals surface area contributed by atoms with Crippen LogP contribution in [0.2, 0.25) is 0 Å². The molecular weight excluding hydrogens is 449 g/mol. The molecule has 2 N–H and O–H groups in total. The van der Waals surface area contributed by atoms with Crippen LogP contribution in [0.25, 0.3) is 0 Å². The van der Waals surface area contributed by atoms with Crippen LogP contribution in [-0.4, -0.2) is 54.4 Å². The number of hydrogen-bond donors (Lipinski definition) is 2. The van der Waals surface area contributed by atoms with Crippen molar-refractivity contribution in [2.24, 2.45) is 5.92 Å². The van der Waals surface area contributed by atoms with E-state index in [0.29, 0.717) is 37.2 Å². The van der Waals surface area contributed by atoms with Crippen LogP contribution in [0.1, 0.15) is 48.9 Å². The third-order valence-electron chi connectivity index (χ3n) is 6.84. The molecule has 0 aromatic heterocycles. The number of carbonyl (C=O) groups excluding carboxylic acids is 3. The van der Waals surface area contributed by atoms with Crippen LogP contribution < -0.4 is 15.4 Å². The van der Waals surface area contributed by atoms with Crippen molar-refractivity contribution in [3.8, 4) is 5.75 Å². The normalized spacial score (nSPS) is 20.7. The number of amides is 3. The van der Waals surface area contributed by atoms with Gasteiger partial charge in [0.05, 0.1) is 0 Å². The molecule has 2 aliphatic rings. The topological polar surface area (TPSA) is 87.7 Å². The van der Waals surface area contributed by atoms with Gasteiger partial charge in [0, 0.05) is 36.7 Å². The van der Waals surface area contributed by atoms with Crippen LogP contribution in [0.15, 0.2) is 54.6 Å². The van der Waals surface area contributed by atoms with Crippen molar-refractivity contribution in [3.63, 3.8) is 0 Å². The Hall–Kier alpha value is -3.42. The van der Waals surface area contributed by atoms with Crippen molar-refractivity contribution in [2.45, 2.75) is 50.6 Å². The van der Waals surface area contributed by atoms with E-state index in [2.05, 4.69) is 10.6 Å². The minimum Gasteiger partial charge on any atom is -0.484 e. The quantitative estimate of drug-likeness (QED) is 0.635. The van der Waals surface area contributed by atoms with Crippen molar-refractivity contribution in [3.05, 3.63) is 66.0 Å². The van der Waals surface area contributed by atoms with Crippen molar-refractivity contribution in [1.82, 2.24) is 15.5 Å². The molecule has 1 saturated heterocycles. The number of benzene rings is 2. The summed E-state index contributed by atoms with van der Waals surface area (Å²) in [4.78, 5) is 39.8. The maximum absolute atomic E-state index is 13.2. The van der Waals surface area contributed by atoms with Gasteiger partial charge in [-0.15, -0.1) is 0 Å². The van der Waals surface area contributed by atoms with E-state index in [9.17, 15) is 18.8 Å². The summed E-state index contributed by atoms with van der Waals surface area (Å²) < 4.78 is 18.7. The fourth-order valence-corrected chi connectivity index (χ4v) is 4.77. The van der Waals surface area contributed by atoms with Gasteiger partial charge < -0.3 is 20.3 Å². The first-order valence-corrected chi connectivity index (χ1v) is 12.3. The molecule has 2 aromatic carbocycles. The molecule has 4 rings (SSSR count). The summed E-state index contributed by atoms with van der Waals surface area (Å²) in [6.45, 7) is 1.02. The molecule has 0 spiro atoms. The summed E-state index contributed by atoms with van der Waals surface area (Å²) in [6, 6.07) is 14.4. The molecule has 2 atom stereocenters. The largest absolute Gasteiger partial charge is 0.484 e. The molecule has 1 aliphatic carbocycles. The number of halogens is 1. The lowest BCUT2D eigenvalue weighted by Crippen LogP contribution is -2.55. The van der Waals surface area contributed by atoms with Gasteiger partial charge in [-0.05, 0) is 62.1 Å².